The minimum atomic E-state index is 0.0996. The number of imidazole rings is 1. The number of fused-ring (bicyclic) bond motifs is 1. The molecule has 0 saturated carbocycles. The zero-order chi connectivity index (χ0) is 18.6. The largest absolute Gasteiger partial charge is 0.504 e. The molecule has 0 unspecified atom stereocenters. The third-order valence-corrected chi connectivity index (χ3v) is 4.96. The molecular weight excluding hydrogens is 364 g/mol. The molecule has 0 aliphatic heterocycles. The summed E-state index contributed by atoms with van der Waals surface area (Å²) < 4.78 is 6.39. The van der Waals surface area contributed by atoms with E-state index >= 15 is 0 Å². The maximum absolute atomic E-state index is 10.7. The number of aromatic nitrogens is 4. The van der Waals surface area contributed by atoms with Crippen LogP contribution in [-0.4, -0.2) is 37.9 Å². The van der Waals surface area contributed by atoms with Crippen LogP contribution in [0.25, 0.3) is 20.7 Å². The van der Waals surface area contributed by atoms with E-state index in [2.05, 4.69) is 30.5 Å². The molecule has 4 aromatic rings. The first-order valence-corrected chi connectivity index (χ1v) is 9.06. The molecule has 1 aromatic carbocycles. The molecule has 0 spiro atoms. The molecule has 0 aliphatic rings. The summed E-state index contributed by atoms with van der Waals surface area (Å²) in [7, 11) is 0. The molecule has 4 rings (SSSR count). The van der Waals surface area contributed by atoms with Gasteiger partial charge in [-0.1, -0.05) is 12.1 Å². The number of thiophene rings is 1. The summed E-state index contributed by atoms with van der Waals surface area (Å²) in [5.41, 5.74) is 4.16. The zero-order valence-electron chi connectivity index (χ0n) is 14.4. The maximum Gasteiger partial charge on any atom is 0.167 e. The number of hydrogen-bond acceptors (Lipinski definition) is 8. The van der Waals surface area contributed by atoms with Gasteiger partial charge in [-0.15, -0.1) is 11.3 Å². The zero-order valence-corrected chi connectivity index (χ0v) is 15.2. The van der Waals surface area contributed by atoms with Gasteiger partial charge >= 0.3 is 0 Å². The van der Waals surface area contributed by atoms with E-state index in [1.807, 2.05) is 31.2 Å². The van der Waals surface area contributed by atoms with Crippen molar-refractivity contribution < 1.29 is 9.84 Å². The van der Waals surface area contributed by atoms with E-state index in [0.717, 1.165) is 5.56 Å². The molecule has 27 heavy (non-hydrogen) atoms. The number of para-hydroxylation sites is 1. The average Bonchev–Trinajstić information content (AvgIpc) is 3.32. The molecule has 9 heteroatoms. The molecule has 0 amide bonds. The molecule has 3 N–H and O–H groups in total. The van der Waals surface area contributed by atoms with Gasteiger partial charge < -0.3 is 14.8 Å². The lowest BCUT2D eigenvalue weighted by Gasteiger charge is -2.08. The monoisotopic (exact) mass is 380 g/mol. The summed E-state index contributed by atoms with van der Waals surface area (Å²) in [6.45, 7) is 2.46. The molecule has 3 heterocycles. The van der Waals surface area contributed by atoms with Gasteiger partial charge in [-0.25, -0.2) is 15.0 Å². The van der Waals surface area contributed by atoms with Gasteiger partial charge in [0.25, 0.3) is 0 Å². The molecule has 0 atom stereocenters. The average molecular weight is 380 g/mol. The molecule has 0 fully saturated rings. The van der Waals surface area contributed by atoms with Gasteiger partial charge in [0.2, 0.25) is 0 Å². The Morgan fingerprint density at radius 2 is 2.19 bits per heavy atom. The van der Waals surface area contributed by atoms with Gasteiger partial charge in [0.05, 0.1) is 17.7 Å². The van der Waals surface area contributed by atoms with Gasteiger partial charge in [-0.2, -0.15) is 5.10 Å². The van der Waals surface area contributed by atoms with Crippen LogP contribution in [0.2, 0.25) is 0 Å². The van der Waals surface area contributed by atoms with E-state index in [-0.39, 0.29) is 5.75 Å². The Morgan fingerprint density at radius 3 is 3.00 bits per heavy atom. The van der Waals surface area contributed by atoms with Gasteiger partial charge in [-0.3, -0.25) is 5.43 Å². The highest BCUT2D eigenvalue weighted by molar-refractivity contribution is 7.23. The summed E-state index contributed by atoms with van der Waals surface area (Å²) in [6.07, 6.45) is 6.29. The minimum absolute atomic E-state index is 0.0996. The van der Waals surface area contributed by atoms with Crippen molar-refractivity contribution in [2.24, 2.45) is 5.10 Å². The molecule has 0 saturated heterocycles. The number of benzene rings is 1. The molecule has 136 valence electrons. The second kappa shape index (κ2) is 7.42. The van der Waals surface area contributed by atoms with Crippen LogP contribution in [-0.2, 0) is 0 Å². The summed E-state index contributed by atoms with van der Waals surface area (Å²) >= 11 is 1.38. The van der Waals surface area contributed by atoms with Gasteiger partial charge in [0.15, 0.2) is 11.6 Å². The molecule has 3 aromatic heterocycles. The third-order valence-electron chi connectivity index (χ3n) is 3.76. The number of ether oxygens (including phenoxy) is 1. The number of hydrogen-bond donors (Lipinski definition) is 3. The predicted molar refractivity (Wildman–Crippen MR) is 105 cm³/mol. The summed E-state index contributed by atoms with van der Waals surface area (Å²) in [6, 6.07) is 7.58. The van der Waals surface area contributed by atoms with Crippen molar-refractivity contribution >= 4 is 33.6 Å². The Labute approximate surface area is 158 Å². The number of aromatic hydroxyl groups is 1. The number of nitrogens with zero attached hydrogens (tertiary/aromatic N) is 4. The Bertz CT molecular complexity index is 1090. The third kappa shape index (κ3) is 3.32. The Balaban J connectivity index is 1.74. The fourth-order valence-electron chi connectivity index (χ4n) is 2.60. The number of H-pyrrole nitrogens is 1. The fourth-order valence-corrected chi connectivity index (χ4v) is 3.71. The van der Waals surface area contributed by atoms with E-state index in [0.29, 0.717) is 39.1 Å². The number of rotatable bonds is 6. The van der Waals surface area contributed by atoms with Crippen LogP contribution in [0.4, 0.5) is 5.82 Å². The Morgan fingerprint density at radius 1 is 1.30 bits per heavy atom. The summed E-state index contributed by atoms with van der Waals surface area (Å²) in [5.74, 6) is 1.93. The van der Waals surface area contributed by atoms with Crippen LogP contribution in [0.3, 0.4) is 0 Å². The number of nitrogens with one attached hydrogen (secondary N) is 2. The van der Waals surface area contributed by atoms with Crippen LogP contribution in [0.15, 0.2) is 48.1 Å². The lowest BCUT2D eigenvalue weighted by molar-refractivity contribution is 0.341. The van der Waals surface area contributed by atoms with Crippen LogP contribution in [0, 0.1) is 0 Å². The predicted octanol–water partition coefficient (Wildman–Crippen LogP) is 3.63. The van der Waals surface area contributed by atoms with E-state index < -0.39 is 0 Å². The topological polar surface area (TPSA) is 108 Å². The second-order valence-electron chi connectivity index (χ2n) is 5.45. The minimum Gasteiger partial charge on any atom is -0.504 e. The highest BCUT2D eigenvalue weighted by Gasteiger charge is 2.19. The fraction of sp³-hybridized carbons (Fsp3) is 0.111. The lowest BCUT2D eigenvalue weighted by atomic mass is 10.1. The van der Waals surface area contributed by atoms with E-state index in [9.17, 15) is 5.11 Å². The molecule has 0 radical (unpaired) electrons. The quantitative estimate of drug-likeness (QED) is 0.348. The van der Waals surface area contributed by atoms with Crippen LogP contribution in [0.1, 0.15) is 12.7 Å². The van der Waals surface area contributed by atoms with Crippen molar-refractivity contribution in [2.45, 2.75) is 6.92 Å². The number of anilines is 1. The smallest absolute Gasteiger partial charge is 0.167 e. The van der Waals surface area contributed by atoms with E-state index in [4.69, 9.17) is 4.74 Å². The first kappa shape index (κ1) is 17.0. The van der Waals surface area contributed by atoms with Crippen molar-refractivity contribution in [3.05, 3.63) is 48.8 Å². The standard InChI is InChI=1S/C18H16N6O2S/c1-2-26-12-6-4-3-5-11(12)16-15(25)14-17(27-16)18(22-10-21-14)24-23-9-13-19-7-8-20-13/h3-10,25H,2H2,1H3,(H,19,20)(H,21,22,24)/b23-9+. The summed E-state index contributed by atoms with van der Waals surface area (Å²) in [4.78, 5) is 16.1. The van der Waals surface area contributed by atoms with Crippen molar-refractivity contribution in [3.63, 3.8) is 0 Å². The maximum atomic E-state index is 10.7. The molecule has 8 nitrogen and oxygen atoms in total. The van der Waals surface area contributed by atoms with Crippen LogP contribution < -0.4 is 10.2 Å². The first-order valence-electron chi connectivity index (χ1n) is 8.25. The first-order chi connectivity index (χ1) is 13.3. The Kier molecular flexibility index (Phi) is 4.67. The van der Waals surface area contributed by atoms with Gasteiger partial charge in [0, 0.05) is 18.0 Å². The van der Waals surface area contributed by atoms with Gasteiger partial charge in [-0.05, 0) is 19.1 Å². The van der Waals surface area contributed by atoms with Crippen molar-refractivity contribution in [2.75, 3.05) is 12.0 Å². The highest BCUT2D eigenvalue weighted by atomic mass is 32.1. The van der Waals surface area contributed by atoms with E-state index in [1.165, 1.54) is 17.7 Å². The second-order valence-corrected chi connectivity index (χ2v) is 6.47. The van der Waals surface area contributed by atoms with Crippen molar-refractivity contribution in [1.82, 2.24) is 19.9 Å². The molecule has 0 bridgehead atoms. The lowest BCUT2D eigenvalue weighted by Crippen LogP contribution is -1.95. The van der Waals surface area contributed by atoms with E-state index in [1.54, 1.807) is 18.6 Å². The Hall–Kier alpha value is -3.46. The van der Waals surface area contributed by atoms with Crippen LogP contribution >= 0.6 is 11.3 Å². The normalized spacial score (nSPS) is 11.3. The highest BCUT2D eigenvalue weighted by Crippen LogP contribution is 2.47. The molecule has 0 aliphatic carbocycles. The number of aromatic amines is 1. The number of hydrazone groups is 1. The van der Waals surface area contributed by atoms with Crippen molar-refractivity contribution in [1.29, 1.82) is 0 Å². The molecular formula is C18H16N6O2S. The van der Waals surface area contributed by atoms with Crippen molar-refractivity contribution in [3.8, 4) is 21.9 Å². The van der Waals surface area contributed by atoms with Crippen LogP contribution in [0.5, 0.6) is 11.5 Å². The SMILES string of the molecule is CCOc1ccccc1-c1sc2c(N/N=C/c3ncc[nH]3)ncnc2c1O. The summed E-state index contributed by atoms with van der Waals surface area (Å²) in [5, 5.41) is 14.9. The van der Waals surface area contributed by atoms with Gasteiger partial charge in [0.1, 0.15) is 28.1 Å².